The SMILES string of the molecule is O=S(=O)(O)CC(O)C(F)(F)F. The van der Waals surface area contributed by atoms with Crippen molar-refractivity contribution in [3.63, 3.8) is 0 Å². The Kier molecular flexibility index (Phi) is 2.86. The number of aliphatic hydroxyl groups excluding tert-OH is 1. The zero-order chi connectivity index (χ0) is 9.28. The lowest BCUT2D eigenvalue weighted by molar-refractivity contribution is -0.196. The van der Waals surface area contributed by atoms with Crippen LogP contribution in [0.2, 0.25) is 0 Å². The molecule has 0 aromatic heterocycles. The van der Waals surface area contributed by atoms with Gasteiger partial charge in [0.25, 0.3) is 10.1 Å². The first-order chi connectivity index (χ1) is 4.63. The van der Waals surface area contributed by atoms with E-state index >= 15 is 0 Å². The van der Waals surface area contributed by atoms with Gasteiger partial charge < -0.3 is 5.11 Å². The summed E-state index contributed by atoms with van der Waals surface area (Å²) < 4.78 is 61.5. The predicted molar refractivity (Wildman–Crippen MR) is 28.5 cm³/mol. The van der Waals surface area contributed by atoms with Crippen LogP contribution in [0.15, 0.2) is 0 Å². The summed E-state index contributed by atoms with van der Waals surface area (Å²) >= 11 is 0. The molecule has 0 fully saturated rings. The molecule has 0 bridgehead atoms. The van der Waals surface area contributed by atoms with Crippen LogP contribution in [0.25, 0.3) is 0 Å². The van der Waals surface area contributed by atoms with Crippen molar-refractivity contribution in [3.8, 4) is 0 Å². The van der Waals surface area contributed by atoms with Crippen molar-refractivity contribution < 1.29 is 31.2 Å². The highest BCUT2D eigenvalue weighted by Crippen LogP contribution is 2.20. The first kappa shape index (κ1) is 10.7. The van der Waals surface area contributed by atoms with Crippen molar-refractivity contribution in [2.45, 2.75) is 12.3 Å². The fraction of sp³-hybridized carbons (Fsp3) is 1.00. The third-order valence-electron chi connectivity index (χ3n) is 0.746. The minimum Gasteiger partial charge on any atom is -0.383 e. The summed E-state index contributed by atoms with van der Waals surface area (Å²) in [7, 11) is -4.78. The molecule has 0 rings (SSSR count). The van der Waals surface area contributed by atoms with E-state index in [2.05, 4.69) is 0 Å². The summed E-state index contributed by atoms with van der Waals surface area (Å²) in [6, 6.07) is 0. The Balaban J connectivity index is 4.21. The molecular formula is C3H5F3O4S. The molecule has 0 heterocycles. The van der Waals surface area contributed by atoms with Gasteiger partial charge in [0.05, 0.1) is 0 Å². The van der Waals surface area contributed by atoms with Gasteiger partial charge in [0.1, 0.15) is 5.75 Å². The Labute approximate surface area is 60.4 Å². The highest BCUT2D eigenvalue weighted by molar-refractivity contribution is 7.85. The fourth-order valence-corrected chi connectivity index (χ4v) is 0.882. The molecule has 68 valence electrons. The Morgan fingerprint density at radius 2 is 1.73 bits per heavy atom. The van der Waals surface area contributed by atoms with Crippen molar-refractivity contribution >= 4 is 10.1 Å². The van der Waals surface area contributed by atoms with Gasteiger partial charge in [0.2, 0.25) is 0 Å². The van der Waals surface area contributed by atoms with Crippen molar-refractivity contribution in [1.29, 1.82) is 0 Å². The van der Waals surface area contributed by atoms with Gasteiger partial charge in [-0.1, -0.05) is 0 Å². The second-order valence-electron chi connectivity index (χ2n) is 1.81. The normalized spacial score (nSPS) is 16.5. The van der Waals surface area contributed by atoms with Gasteiger partial charge in [-0.15, -0.1) is 0 Å². The topological polar surface area (TPSA) is 74.6 Å². The van der Waals surface area contributed by atoms with E-state index in [1.165, 1.54) is 0 Å². The molecule has 0 aliphatic rings. The Hall–Kier alpha value is -0.340. The first-order valence-corrected chi connectivity index (χ1v) is 3.94. The van der Waals surface area contributed by atoms with Crippen molar-refractivity contribution in [2.24, 2.45) is 0 Å². The maximum Gasteiger partial charge on any atom is 0.415 e. The van der Waals surface area contributed by atoms with Crippen LogP contribution in [-0.4, -0.2) is 36.1 Å². The lowest BCUT2D eigenvalue weighted by atomic mass is 10.4. The average Bonchev–Trinajstić information content (AvgIpc) is 1.56. The van der Waals surface area contributed by atoms with Gasteiger partial charge in [-0.25, -0.2) is 0 Å². The zero-order valence-electron chi connectivity index (χ0n) is 5.04. The quantitative estimate of drug-likeness (QED) is 0.597. The number of alkyl halides is 3. The zero-order valence-corrected chi connectivity index (χ0v) is 5.85. The number of rotatable bonds is 2. The minimum atomic E-state index is -5.02. The van der Waals surface area contributed by atoms with Crippen LogP contribution >= 0.6 is 0 Å². The number of hydrogen-bond acceptors (Lipinski definition) is 3. The van der Waals surface area contributed by atoms with Gasteiger partial charge in [-0.05, 0) is 0 Å². The van der Waals surface area contributed by atoms with Gasteiger partial charge in [0, 0.05) is 0 Å². The third kappa shape index (κ3) is 4.99. The molecule has 0 aliphatic carbocycles. The average molecular weight is 194 g/mol. The smallest absolute Gasteiger partial charge is 0.383 e. The van der Waals surface area contributed by atoms with Gasteiger partial charge >= 0.3 is 6.18 Å². The lowest BCUT2D eigenvalue weighted by Crippen LogP contribution is -2.35. The fourth-order valence-electron chi connectivity index (χ4n) is 0.294. The van der Waals surface area contributed by atoms with Crippen LogP contribution in [0.4, 0.5) is 13.2 Å². The third-order valence-corrected chi connectivity index (χ3v) is 1.48. The molecule has 1 atom stereocenters. The van der Waals surface area contributed by atoms with E-state index in [9.17, 15) is 21.6 Å². The summed E-state index contributed by atoms with van der Waals surface area (Å²) in [5, 5.41) is 8.06. The molecule has 0 saturated heterocycles. The second-order valence-corrected chi connectivity index (χ2v) is 3.30. The maximum absolute atomic E-state index is 11.4. The van der Waals surface area contributed by atoms with Crippen LogP contribution < -0.4 is 0 Å². The number of halogens is 3. The van der Waals surface area contributed by atoms with E-state index in [4.69, 9.17) is 9.66 Å². The van der Waals surface area contributed by atoms with E-state index in [-0.39, 0.29) is 0 Å². The predicted octanol–water partition coefficient (Wildman–Crippen LogP) is -0.203. The molecule has 0 saturated carbocycles. The molecule has 8 heteroatoms. The van der Waals surface area contributed by atoms with Crippen molar-refractivity contribution in [2.75, 3.05) is 5.75 Å². The van der Waals surface area contributed by atoms with Crippen LogP contribution in [0.3, 0.4) is 0 Å². The molecular weight excluding hydrogens is 189 g/mol. The van der Waals surface area contributed by atoms with E-state index < -0.39 is 28.2 Å². The molecule has 4 nitrogen and oxygen atoms in total. The summed E-state index contributed by atoms with van der Waals surface area (Å²) in [5.74, 6) is -1.73. The summed E-state index contributed by atoms with van der Waals surface area (Å²) in [4.78, 5) is 0. The first-order valence-electron chi connectivity index (χ1n) is 2.33. The van der Waals surface area contributed by atoms with Crippen LogP contribution in [0, 0.1) is 0 Å². The molecule has 0 radical (unpaired) electrons. The highest BCUT2D eigenvalue weighted by atomic mass is 32.2. The van der Waals surface area contributed by atoms with Crippen molar-refractivity contribution in [3.05, 3.63) is 0 Å². The lowest BCUT2D eigenvalue weighted by Gasteiger charge is -2.11. The molecule has 0 spiro atoms. The molecule has 0 aliphatic heterocycles. The van der Waals surface area contributed by atoms with E-state index in [0.717, 1.165) is 0 Å². The summed E-state index contributed by atoms with van der Waals surface area (Å²) in [6.45, 7) is 0. The van der Waals surface area contributed by atoms with Crippen molar-refractivity contribution in [1.82, 2.24) is 0 Å². The summed E-state index contributed by atoms with van der Waals surface area (Å²) in [5.41, 5.74) is 0. The molecule has 2 N–H and O–H groups in total. The molecule has 0 aromatic rings. The Bertz CT molecular complexity index is 217. The van der Waals surface area contributed by atoms with E-state index in [0.29, 0.717) is 0 Å². The maximum atomic E-state index is 11.4. The monoisotopic (exact) mass is 194 g/mol. The molecule has 1 unspecified atom stereocenters. The van der Waals surface area contributed by atoms with E-state index in [1.807, 2.05) is 0 Å². The van der Waals surface area contributed by atoms with Crippen LogP contribution in [-0.2, 0) is 10.1 Å². The molecule has 11 heavy (non-hydrogen) atoms. The largest absolute Gasteiger partial charge is 0.415 e. The highest BCUT2D eigenvalue weighted by Gasteiger charge is 2.40. The van der Waals surface area contributed by atoms with Crippen LogP contribution in [0.5, 0.6) is 0 Å². The van der Waals surface area contributed by atoms with Gasteiger partial charge in [-0.3, -0.25) is 4.55 Å². The molecule has 0 amide bonds. The Morgan fingerprint density at radius 3 is 1.82 bits per heavy atom. The number of aliphatic hydroxyl groups is 1. The Morgan fingerprint density at radius 1 is 1.36 bits per heavy atom. The van der Waals surface area contributed by atoms with Gasteiger partial charge in [-0.2, -0.15) is 21.6 Å². The summed E-state index contributed by atoms with van der Waals surface area (Å²) in [6.07, 6.45) is -8.05. The van der Waals surface area contributed by atoms with Gasteiger partial charge in [0.15, 0.2) is 6.10 Å². The van der Waals surface area contributed by atoms with Crippen LogP contribution in [0.1, 0.15) is 0 Å². The van der Waals surface area contributed by atoms with E-state index in [1.54, 1.807) is 0 Å². The standard InChI is InChI=1S/C3H5F3O4S/c4-3(5,6)2(7)1-11(8,9)10/h2,7H,1H2,(H,8,9,10). The molecule has 0 aromatic carbocycles. The number of hydrogen-bond donors (Lipinski definition) is 2. The minimum absolute atomic E-state index is 1.73. The second kappa shape index (κ2) is 2.95.